The number of carbonyl (C=O) groups excluding carboxylic acids is 1. The lowest BCUT2D eigenvalue weighted by Gasteiger charge is -2.08. The van der Waals surface area contributed by atoms with Gasteiger partial charge in [0.05, 0.1) is 17.6 Å². The van der Waals surface area contributed by atoms with Crippen molar-refractivity contribution in [2.45, 2.75) is 6.92 Å². The van der Waals surface area contributed by atoms with Crippen molar-refractivity contribution in [3.05, 3.63) is 65.3 Å². The van der Waals surface area contributed by atoms with Gasteiger partial charge < -0.3 is 19.4 Å². The number of nitrogens with zero attached hydrogens (tertiary/aromatic N) is 3. The predicted octanol–water partition coefficient (Wildman–Crippen LogP) is 5.84. The van der Waals surface area contributed by atoms with Gasteiger partial charge in [-0.15, -0.1) is 0 Å². The summed E-state index contributed by atoms with van der Waals surface area (Å²) < 4.78 is 13.8. The molecule has 4 aromatic rings. The monoisotopic (exact) mass is 481 g/mol. The number of anilines is 3. The van der Waals surface area contributed by atoms with E-state index >= 15 is 0 Å². The van der Waals surface area contributed by atoms with Gasteiger partial charge in [0.25, 0.3) is 0 Å². The highest BCUT2D eigenvalue weighted by Crippen LogP contribution is 2.29. The Morgan fingerprint density at radius 1 is 1.10 bits per heavy atom. The van der Waals surface area contributed by atoms with E-state index in [9.17, 15) is 4.79 Å². The maximum atomic E-state index is 11.6. The van der Waals surface area contributed by atoms with Crippen molar-refractivity contribution in [3.8, 4) is 11.5 Å². The molecule has 2 N–H and O–H groups in total. The van der Waals surface area contributed by atoms with Crippen LogP contribution in [0.4, 0.5) is 22.2 Å². The summed E-state index contributed by atoms with van der Waals surface area (Å²) in [7, 11) is 1.95. The number of fused-ring (bicyclic) bond motifs is 1. The Balaban J connectivity index is 1.53. The van der Waals surface area contributed by atoms with Crippen LogP contribution >= 0.6 is 15.9 Å². The van der Waals surface area contributed by atoms with Gasteiger partial charge in [-0.2, -0.15) is 0 Å². The zero-order chi connectivity index (χ0) is 21.8. The van der Waals surface area contributed by atoms with Crippen molar-refractivity contribution in [2.75, 3.05) is 17.2 Å². The van der Waals surface area contributed by atoms with Crippen molar-refractivity contribution in [3.63, 3.8) is 0 Å². The van der Waals surface area contributed by atoms with E-state index < -0.39 is 6.09 Å². The Bertz CT molecular complexity index is 1220. The predicted molar refractivity (Wildman–Crippen MR) is 123 cm³/mol. The number of rotatable bonds is 6. The molecule has 0 fully saturated rings. The fraction of sp³-hybridized carbons (Fsp3) is 0.136. The summed E-state index contributed by atoms with van der Waals surface area (Å²) in [5.41, 5.74) is 2.70. The van der Waals surface area contributed by atoms with E-state index in [2.05, 4.69) is 36.5 Å². The number of hydrogen-bond donors (Lipinski definition) is 2. The van der Waals surface area contributed by atoms with Gasteiger partial charge in [-0.05, 0) is 49.4 Å². The molecule has 2 aromatic heterocycles. The van der Waals surface area contributed by atoms with Gasteiger partial charge in [0, 0.05) is 35.5 Å². The summed E-state index contributed by atoms with van der Waals surface area (Å²) >= 11 is 3.44. The first kappa shape index (κ1) is 20.7. The second-order valence-corrected chi connectivity index (χ2v) is 7.52. The third-order valence-electron chi connectivity index (χ3n) is 4.43. The number of aromatic nitrogens is 3. The molecule has 0 saturated heterocycles. The minimum atomic E-state index is -0.562. The quantitative estimate of drug-likeness (QED) is 0.359. The first-order valence-corrected chi connectivity index (χ1v) is 10.4. The van der Waals surface area contributed by atoms with Crippen LogP contribution in [-0.2, 0) is 11.8 Å². The van der Waals surface area contributed by atoms with Crippen molar-refractivity contribution in [1.82, 2.24) is 14.5 Å². The minimum absolute atomic E-state index is 0.283. The zero-order valence-electron chi connectivity index (χ0n) is 16.9. The largest absolute Gasteiger partial charge is 0.457 e. The van der Waals surface area contributed by atoms with Crippen LogP contribution in [0, 0.1) is 0 Å². The molecule has 0 aliphatic heterocycles. The number of amides is 1. The fourth-order valence-corrected chi connectivity index (χ4v) is 3.23. The summed E-state index contributed by atoms with van der Waals surface area (Å²) in [6.07, 6.45) is 0.990. The molecule has 8 nitrogen and oxygen atoms in total. The van der Waals surface area contributed by atoms with Crippen molar-refractivity contribution < 1.29 is 14.3 Å². The average Bonchev–Trinajstić information content (AvgIpc) is 3.05. The molecule has 9 heteroatoms. The van der Waals surface area contributed by atoms with Crippen LogP contribution in [0.5, 0.6) is 11.5 Å². The second-order valence-electron chi connectivity index (χ2n) is 6.60. The van der Waals surface area contributed by atoms with Gasteiger partial charge in [0.1, 0.15) is 17.3 Å². The first-order valence-electron chi connectivity index (χ1n) is 9.58. The lowest BCUT2D eigenvalue weighted by atomic mass is 10.3. The van der Waals surface area contributed by atoms with Gasteiger partial charge >= 0.3 is 6.09 Å². The lowest BCUT2D eigenvalue weighted by molar-refractivity contribution is 0.168. The van der Waals surface area contributed by atoms with Gasteiger partial charge in [-0.25, -0.2) is 14.8 Å². The van der Waals surface area contributed by atoms with Gasteiger partial charge in [-0.1, -0.05) is 15.9 Å². The number of carbonyl (C=O) groups is 1. The topological polar surface area (TPSA) is 90.3 Å². The Hall–Kier alpha value is -3.59. The zero-order valence-corrected chi connectivity index (χ0v) is 18.5. The van der Waals surface area contributed by atoms with E-state index in [4.69, 9.17) is 9.47 Å². The van der Waals surface area contributed by atoms with Crippen LogP contribution in [0.25, 0.3) is 11.0 Å². The number of benzene rings is 2. The van der Waals surface area contributed by atoms with E-state index in [1.807, 2.05) is 54.1 Å². The van der Waals surface area contributed by atoms with Crippen LogP contribution < -0.4 is 15.4 Å². The molecule has 0 spiro atoms. The molecule has 2 aromatic carbocycles. The molecule has 0 bridgehead atoms. The molecule has 0 radical (unpaired) electrons. The smallest absolute Gasteiger partial charge is 0.412 e. The number of aryl methyl sites for hydroxylation is 1. The maximum Gasteiger partial charge on any atom is 0.412 e. The van der Waals surface area contributed by atoms with E-state index in [0.717, 1.165) is 27.1 Å². The summed E-state index contributed by atoms with van der Waals surface area (Å²) in [5, 5.41) is 5.88. The van der Waals surface area contributed by atoms with E-state index in [0.29, 0.717) is 17.3 Å². The number of hydrogen-bond acceptors (Lipinski definition) is 6. The molecule has 0 saturated carbocycles. The molecular weight excluding hydrogens is 462 g/mol. The molecule has 0 aliphatic rings. The van der Waals surface area contributed by atoms with Gasteiger partial charge in [0.15, 0.2) is 0 Å². The standard InChI is InChI=1S/C22H20BrN5O3/c1-3-30-22(29)27-20-13-17(10-11-24-20)31-16-8-9-19-18(12-16)26-21(28(19)2)25-15-6-4-14(23)5-7-15/h4-13H,3H2,1-2H3,(H,25,26)(H,24,27,29). The number of ether oxygens (including phenoxy) is 2. The van der Waals surface area contributed by atoms with Gasteiger partial charge in [0.2, 0.25) is 5.95 Å². The van der Waals surface area contributed by atoms with Crippen LogP contribution in [0.1, 0.15) is 6.92 Å². The molecule has 1 amide bonds. The van der Waals surface area contributed by atoms with Crippen molar-refractivity contribution in [1.29, 1.82) is 0 Å². The molecule has 158 valence electrons. The molecule has 31 heavy (non-hydrogen) atoms. The molecule has 0 unspecified atom stereocenters. The van der Waals surface area contributed by atoms with E-state index in [1.165, 1.54) is 0 Å². The third-order valence-corrected chi connectivity index (χ3v) is 4.95. The first-order chi connectivity index (χ1) is 15.0. The Morgan fingerprint density at radius 2 is 1.87 bits per heavy atom. The summed E-state index contributed by atoms with van der Waals surface area (Å²) in [6, 6.07) is 16.9. The van der Waals surface area contributed by atoms with Crippen LogP contribution in [-0.4, -0.2) is 27.2 Å². The van der Waals surface area contributed by atoms with Crippen LogP contribution in [0.2, 0.25) is 0 Å². The SMILES string of the molecule is CCOC(=O)Nc1cc(Oc2ccc3c(c2)nc(Nc2ccc(Br)cc2)n3C)ccn1. The normalized spacial score (nSPS) is 10.7. The summed E-state index contributed by atoms with van der Waals surface area (Å²) in [5.74, 6) is 2.22. The van der Waals surface area contributed by atoms with Crippen molar-refractivity contribution >= 4 is 50.5 Å². The third kappa shape index (κ3) is 4.95. The molecule has 4 rings (SSSR count). The Morgan fingerprint density at radius 3 is 2.65 bits per heavy atom. The lowest BCUT2D eigenvalue weighted by Crippen LogP contribution is -2.14. The molecule has 0 atom stereocenters. The minimum Gasteiger partial charge on any atom is -0.457 e. The Kier molecular flexibility index (Phi) is 6.03. The van der Waals surface area contributed by atoms with Gasteiger partial charge in [-0.3, -0.25) is 5.32 Å². The fourth-order valence-electron chi connectivity index (χ4n) is 2.97. The highest BCUT2D eigenvalue weighted by molar-refractivity contribution is 9.10. The van der Waals surface area contributed by atoms with E-state index in [1.54, 1.807) is 25.3 Å². The average molecular weight is 482 g/mol. The molecule has 2 heterocycles. The summed E-state index contributed by atoms with van der Waals surface area (Å²) in [6.45, 7) is 2.02. The molecular formula is C22H20BrN5O3. The second kappa shape index (κ2) is 9.05. The van der Waals surface area contributed by atoms with Crippen LogP contribution in [0.3, 0.4) is 0 Å². The van der Waals surface area contributed by atoms with E-state index in [-0.39, 0.29) is 6.61 Å². The number of pyridine rings is 1. The highest BCUT2D eigenvalue weighted by Gasteiger charge is 2.10. The highest BCUT2D eigenvalue weighted by atomic mass is 79.9. The number of halogens is 1. The number of imidazole rings is 1. The number of nitrogens with one attached hydrogen (secondary N) is 2. The molecule has 0 aliphatic carbocycles. The van der Waals surface area contributed by atoms with Crippen molar-refractivity contribution in [2.24, 2.45) is 7.05 Å². The maximum absolute atomic E-state index is 11.6. The Labute approximate surface area is 187 Å². The summed E-state index contributed by atoms with van der Waals surface area (Å²) in [4.78, 5) is 20.4. The van der Waals surface area contributed by atoms with Crippen LogP contribution in [0.15, 0.2) is 65.3 Å².